The van der Waals surface area contributed by atoms with Crippen molar-refractivity contribution in [1.82, 2.24) is 4.90 Å². The Morgan fingerprint density at radius 3 is 2.09 bits per heavy atom. The zero-order valence-corrected chi connectivity index (χ0v) is 13.9. The molecule has 0 aromatic heterocycles. The van der Waals surface area contributed by atoms with Gasteiger partial charge in [-0.05, 0) is 44.4 Å². The van der Waals surface area contributed by atoms with Gasteiger partial charge in [-0.25, -0.2) is 0 Å². The number of aryl methyl sites for hydroxylation is 4. The van der Waals surface area contributed by atoms with E-state index in [1.807, 2.05) is 0 Å². The van der Waals surface area contributed by atoms with Gasteiger partial charge in [-0.1, -0.05) is 47.5 Å². The van der Waals surface area contributed by atoms with Crippen molar-refractivity contribution >= 4 is 5.69 Å². The van der Waals surface area contributed by atoms with Crippen molar-refractivity contribution in [3.8, 4) is 0 Å². The highest BCUT2D eigenvalue weighted by molar-refractivity contribution is 5.62. The molecule has 1 aliphatic rings. The van der Waals surface area contributed by atoms with Crippen molar-refractivity contribution in [2.24, 2.45) is 0 Å². The van der Waals surface area contributed by atoms with Crippen LogP contribution in [0.1, 0.15) is 27.8 Å². The topological polar surface area (TPSA) is 6.48 Å². The molecule has 1 aliphatic heterocycles. The molecule has 2 heteroatoms. The van der Waals surface area contributed by atoms with Gasteiger partial charge in [0.05, 0.1) is 6.67 Å². The first-order chi connectivity index (χ1) is 10.5. The number of hydrogen-bond donors (Lipinski definition) is 0. The molecule has 114 valence electrons. The van der Waals surface area contributed by atoms with Crippen molar-refractivity contribution in [2.75, 3.05) is 11.6 Å². The average molecular weight is 292 g/mol. The Morgan fingerprint density at radius 1 is 0.818 bits per heavy atom. The lowest BCUT2D eigenvalue weighted by atomic mass is 10.0. The van der Waals surface area contributed by atoms with E-state index in [0.717, 1.165) is 13.2 Å². The minimum absolute atomic E-state index is 0.915. The van der Waals surface area contributed by atoms with E-state index in [-0.39, 0.29) is 0 Å². The molecular formula is C20H24N2. The zero-order chi connectivity index (χ0) is 15.7. The Labute approximate surface area is 133 Å². The summed E-state index contributed by atoms with van der Waals surface area (Å²) in [6.07, 6.45) is 4.39. The molecule has 0 amide bonds. The summed E-state index contributed by atoms with van der Waals surface area (Å²) in [7, 11) is 0. The Bertz CT molecular complexity index is 675. The first-order valence-corrected chi connectivity index (χ1v) is 7.85. The van der Waals surface area contributed by atoms with E-state index in [1.165, 1.54) is 33.5 Å². The second-order valence-corrected chi connectivity index (χ2v) is 6.39. The molecule has 0 N–H and O–H groups in total. The minimum Gasteiger partial charge on any atom is -0.354 e. The fourth-order valence-corrected chi connectivity index (χ4v) is 3.27. The lowest BCUT2D eigenvalue weighted by molar-refractivity contribution is 0.400. The number of anilines is 1. The summed E-state index contributed by atoms with van der Waals surface area (Å²) in [5.74, 6) is 0. The van der Waals surface area contributed by atoms with Crippen molar-refractivity contribution in [3.05, 3.63) is 76.6 Å². The Morgan fingerprint density at radius 2 is 1.45 bits per heavy atom. The minimum atomic E-state index is 0.915. The van der Waals surface area contributed by atoms with Gasteiger partial charge in [0.25, 0.3) is 0 Å². The fourth-order valence-electron chi connectivity index (χ4n) is 3.27. The first-order valence-electron chi connectivity index (χ1n) is 7.85. The highest BCUT2D eigenvalue weighted by Crippen LogP contribution is 2.29. The summed E-state index contributed by atoms with van der Waals surface area (Å²) in [5.41, 5.74) is 8.04. The smallest absolute Gasteiger partial charge is 0.0945 e. The van der Waals surface area contributed by atoms with Crippen molar-refractivity contribution < 1.29 is 0 Å². The molecule has 2 aromatic carbocycles. The molecule has 0 unspecified atom stereocenters. The summed E-state index contributed by atoms with van der Waals surface area (Å²) in [5, 5.41) is 0. The lowest BCUT2D eigenvalue weighted by Gasteiger charge is -2.25. The second kappa shape index (κ2) is 5.88. The SMILES string of the molecule is Cc1ccc(CN2C=CN(c3c(C)cc(C)cc3C)C2)cc1. The van der Waals surface area contributed by atoms with E-state index in [9.17, 15) is 0 Å². The van der Waals surface area contributed by atoms with Crippen LogP contribution in [0.5, 0.6) is 0 Å². The third-order valence-corrected chi connectivity index (χ3v) is 4.22. The number of nitrogens with zero attached hydrogens (tertiary/aromatic N) is 2. The molecule has 0 saturated carbocycles. The molecule has 0 bridgehead atoms. The molecule has 0 radical (unpaired) electrons. The van der Waals surface area contributed by atoms with Gasteiger partial charge >= 0.3 is 0 Å². The van der Waals surface area contributed by atoms with Gasteiger partial charge in [0.15, 0.2) is 0 Å². The van der Waals surface area contributed by atoms with Crippen LogP contribution >= 0.6 is 0 Å². The van der Waals surface area contributed by atoms with Gasteiger partial charge in [-0.3, -0.25) is 0 Å². The maximum Gasteiger partial charge on any atom is 0.0945 e. The average Bonchev–Trinajstić information content (AvgIpc) is 2.88. The number of benzene rings is 2. The molecule has 3 rings (SSSR count). The van der Waals surface area contributed by atoms with E-state index >= 15 is 0 Å². The molecule has 0 fully saturated rings. The summed E-state index contributed by atoms with van der Waals surface area (Å²) in [6.45, 7) is 10.6. The Hall–Kier alpha value is -2.22. The summed E-state index contributed by atoms with van der Waals surface area (Å²) in [4.78, 5) is 4.70. The maximum absolute atomic E-state index is 2.35. The fraction of sp³-hybridized carbons (Fsp3) is 0.300. The van der Waals surface area contributed by atoms with E-state index in [1.54, 1.807) is 0 Å². The van der Waals surface area contributed by atoms with Gasteiger partial charge in [0.2, 0.25) is 0 Å². The Kier molecular flexibility index (Phi) is 3.93. The predicted molar refractivity (Wildman–Crippen MR) is 93.9 cm³/mol. The number of rotatable bonds is 3. The molecule has 22 heavy (non-hydrogen) atoms. The normalized spacial score (nSPS) is 14.0. The van der Waals surface area contributed by atoms with E-state index in [0.29, 0.717) is 0 Å². The van der Waals surface area contributed by atoms with Crippen molar-refractivity contribution in [1.29, 1.82) is 0 Å². The Balaban J connectivity index is 1.73. The molecule has 1 heterocycles. The third-order valence-electron chi connectivity index (χ3n) is 4.22. The van der Waals surface area contributed by atoms with Crippen LogP contribution in [0.15, 0.2) is 48.8 Å². The van der Waals surface area contributed by atoms with Gasteiger partial charge in [0, 0.05) is 24.6 Å². The van der Waals surface area contributed by atoms with Crippen LogP contribution in [-0.2, 0) is 6.54 Å². The molecule has 0 saturated heterocycles. The summed E-state index contributed by atoms with van der Waals surface area (Å²) >= 11 is 0. The predicted octanol–water partition coefficient (Wildman–Crippen LogP) is 4.67. The van der Waals surface area contributed by atoms with Crippen LogP contribution in [-0.4, -0.2) is 11.6 Å². The molecular weight excluding hydrogens is 268 g/mol. The van der Waals surface area contributed by atoms with Crippen LogP contribution in [0, 0.1) is 27.7 Å². The quantitative estimate of drug-likeness (QED) is 0.811. The van der Waals surface area contributed by atoms with Crippen molar-refractivity contribution in [3.63, 3.8) is 0 Å². The number of hydrogen-bond acceptors (Lipinski definition) is 2. The van der Waals surface area contributed by atoms with Crippen LogP contribution < -0.4 is 4.90 Å². The van der Waals surface area contributed by atoms with Crippen LogP contribution in [0.25, 0.3) is 0 Å². The molecule has 0 atom stereocenters. The standard InChI is InChI=1S/C20H24N2/c1-15-5-7-19(8-6-15)13-21-9-10-22(14-21)20-17(3)11-16(2)12-18(20)4/h5-12H,13-14H2,1-4H3. The van der Waals surface area contributed by atoms with Crippen LogP contribution in [0.2, 0.25) is 0 Å². The lowest BCUT2D eigenvalue weighted by Crippen LogP contribution is -2.25. The molecule has 2 nitrogen and oxygen atoms in total. The largest absolute Gasteiger partial charge is 0.354 e. The van der Waals surface area contributed by atoms with Crippen molar-refractivity contribution in [2.45, 2.75) is 34.2 Å². The van der Waals surface area contributed by atoms with Gasteiger partial charge < -0.3 is 9.80 Å². The van der Waals surface area contributed by atoms with Gasteiger partial charge in [-0.2, -0.15) is 0 Å². The highest BCUT2D eigenvalue weighted by Gasteiger charge is 2.17. The molecule has 2 aromatic rings. The van der Waals surface area contributed by atoms with Crippen LogP contribution in [0.3, 0.4) is 0 Å². The zero-order valence-electron chi connectivity index (χ0n) is 13.9. The van der Waals surface area contributed by atoms with E-state index in [2.05, 4.69) is 86.3 Å². The van der Waals surface area contributed by atoms with E-state index < -0.39 is 0 Å². The second-order valence-electron chi connectivity index (χ2n) is 6.39. The summed E-state index contributed by atoms with van der Waals surface area (Å²) in [6, 6.07) is 13.3. The van der Waals surface area contributed by atoms with Gasteiger partial charge in [-0.15, -0.1) is 0 Å². The monoisotopic (exact) mass is 292 g/mol. The third kappa shape index (κ3) is 3.01. The summed E-state index contributed by atoms with van der Waals surface area (Å²) < 4.78 is 0. The maximum atomic E-state index is 2.35. The highest BCUT2D eigenvalue weighted by atomic mass is 15.3. The molecule has 0 aliphatic carbocycles. The first kappa shape index (κ1) is 14.7. The van der Waals surface area contributed by atoms with Crippen LogP contribution in [0.4, 0.5) is 5.69 Å². The van der Waals surface area contributed by atoms with Gasteiger partial charge in [0.1, 0.15) is 0 Å². The molecule has 0 spiro atoms. The van der Waals surface area contributed by atoms with E-state index in [4.69, 9.17) is 0 Å².